The average molecular weight is 323 g/mol. The van der Waals surface area contributed by atoms with E-state index in [1.807, 2.05) is 12.1 Å². The Morgan fingerprint density at radius 2 is 1.88 bits per heavy atom. The summed E-state index contributed by atoms with van der Waals surface area (Å²) in [5.74, 6) is 1.10. The molecule has 3 aromatic rings. The van der Waals surface area contributed by atoms with Gasteiger partial charge in [-0.1, -0.05) is 6.92 Å². The van der Waals surface area contributed by atoms with Gasteiger partial charge in [-0.3, -0.25) is 9.59 Å². The van der Waals surface area contributed by atoms with Gasteiger partial charge in [0.05, 0.1) is 12.5 Å². The van der Waals surface area contributed by atoms with E-state index in [2.05, 4.69) is 5.32 Å². The largest absolute Gasteiger partial charge is 0.497 e. The molecule has 5 heteroatoms. The molecule has 1 aromatic heterocycles. The average Bonchev–Trinajstić information content (AvgIpc) is 2.61. The van der Waals surface area contributed by atoms with Gasteiger partial charge in [0.2, 0.25) is 5.91 Å². The highest BCUT2D eigenvalue weighted by molar-refractivity contribution is 5.93. The van der Waals surface area contributed by atoms with Crippen LogP contribution in [0, 0.1) is 0 Å². The molecule has 122 valence electrons. The fourth-order valence-electron chi connectivity index (χ4n) is 2.38. The van der Waals surface area contributed by atoms with Gasteiger partial charge in [0, 0.05) is 29.8 Å². The molecule has 0 saturated heterocycles. The van der Waals surface area contributed by atoms with E-state index in [1.165, 1.54) is 6.07 Å². The van der Waals surface area contributed by atoms with Crippen molar-refractivity contribution < 1.29 is 13.9 Å². The first kappa shape index (κ1) is 15.8. The van der Waals surface area contributed by atoms with Crippen LogP contribution in [0.25, 0.3) is 22.3 Å². The normalized spacial score (nSPS) is 10.6. The number of hydrogen-bond acceptors (Lipinski definition) is 4. The van der Waals surface area contributed by atoms with Crippen LogP contribution in [0.1, 0.15) is 13.3 Å². The van der Waals surface area contributed by atoms with Crippen LogP contribution in [0.4, 0.5) is 5.69 Å². The number of amides is 1. The first-order valence-corrected chi connectivity index (χ1v) is 7.63. The third-order valence-corrected chi connectivity index (χ3v) is 3.71. The van der Waals surface area contributed by atoms with Crippen LogP contribution < -0.4 is 15.5 Å². The maximum Gasteiger partial charge on any atom is 0.224 e. The molecule has 0 spiro atoms. The van der Waals surface area contributed by atoms with E-state index in [-0.39, 0.29) is 11.3 Å². The molecular weight excluding hydrogens is 306 g/mol. The number of ether oxygens (including phenoxy) is 1. The summed E-state index contributed by atoms with van der Waals surface area (Å²) < 4.78 is 11.0. The van der Waals surface area contributed by atoms with Crippen molar-refractivity contribution in [3.63, 3.8) is 0 Å². The van der Waals surface area contributed by atoms with E-state index in [9.17, 15) is 9.59 Å². The minimum absolute atomic E-state index is 0.0944. The molecule has 0 atom stereocenters. The predicted octanol–water partition coefficient (Wildman–Crippen LogP) is 3.82. The molecule has 0 bridgehead atoms. The molecule has 0 unspecified atom stereocenters. The van der Waals surface area contributed by atoms with E-state index in [0.717, 1.165) is 11.3 Å². The van der Waals surface area contributed by atoms with Gasteiger partial charge in [-0.15, -0.1) is 0 Å². The summed E-state index contributed by atoms with van der Waals surface area (Å²) in [5.41, 5.74) is 1.68. The summed E-state index contributed by atoms with van der Waals surface area (Å²) in [4.78, 5) is 23.8. The lowest BCUT2D eigenvalue weighted by Gasteiger charge is -2.07. The van der Waals surface area contributed by atoms with Crippen molar-refractivity contribution in [2.75, 3.05) is 12.4 Å². The van der Waals surface area contributed by atoms with Gasteiger partial charge in [-0.25, -0.2) is 0 Å². The standard InChI is InChI=1S/C19H17NO4/c1-3-19(22)20-13-6-9-15-16(21)11-17(24-18(15)10-13)12-4-7-14(23-2)8-5-12/h4-11H,3H2,1-2H3,(H,20,22). The summed E-state index contributed by atoms with van der Waals surface area (Å²) in [5, 5.41) is 3.23. The Morgan fingerprint density at radius 3 is 2.54 bits per heavy atom. The second kappa shape index (κ2) is 6.58. The van der Waals surface area contributed by atoms with Crippen LogP contribution in [-0.2, 0) is 4.79 Å². The highest BCUT2D eigenvalue weighted by atomic mass is 16.5. The van der Waals surface area contributed by atoms with E-state index in [0.29, 0.717) is 28.8 Å². The SMILES string of the molecule is CCC(=O)Nc1ccc2c(=O)cc(-c3ccc(OC)cc3)oc2c1. The van der Waals surface area contributed by atoms with Crippen molar-refractivity contribution in [1.82, 2.24) is 0 Å². The zero-order valence-electron chi connectivity index (χ0n) is 13.5. The van der Waals surface area contributed by atoms with Crippen molar-refractivity contribution in [2.45, 2.75) is 13.3 Å². The molecule has 0 aliphatic heterocycles. The van der Waals surface area contributed by atoms with Crippen molar-refractivity contribution >= 4 is 22.6 Å². The molecule has 1 heterocycles. The fraction of sp³-hybridized carbons (Fsp3) is 0.158. The van der Waals surface area contributed by atoms with Gasteiger partial charge in [0.25, 0.3) is 0 Å². The Kier molecular flexibility index (Phi) is 4.33. The van der Waals surface area contributed by atoms with Crippen LogP contribution in [-0.4, -0.2) is 13.0 Å². The smallest absolute Gasteiger partial charge is 0.224 e. The number of carbonyl (C=O) groups excluding carboxylic acids is 1. The van der Waals surface area contributed by atoms with E-state index >= 15 is 0 Å². The molecule has 0 radical (unpaired) electrons. The first-order valence-electron chi connectivity index (χ1n) is 7.63. The molecule has 1 N–H and O–H groups in total. The highest BCUT2D eigenvalue weighted by Gasteiger charge is 2.09. The number of rotatable bonds is 4. The second-order valence-electron chi connectivity index (χ2n) is 5.32. The molecule has 0 aliphatic carbocycles. The van der Waals surface area contributed by atoms with Gasteiger partial charge in [0.1, 0.15) is 17.1 Å². The summed E-state index contributed by atoms with van der Waals surface area (Å²) in [6.45, 7) is 1.78. The molecule has 0 saturated carbocycles. The number of anilines is 1. The van der Waals surface area contributed by atoms with Gasteiger partial charge in [0.15, 0.2) is 5.43 Å². The van der Waals surface area contributed by atoms with E-state index in [1.54, 1.807) is 44.4 Å². The van der Waals surface area contributed by atoms with Crippen LogP contribution in [0.5, 0.6) is 5.75 Å². The fourth-order valence-corrected chi connectivity index (χ4v) is 2.38. The lowest BCUT2D eigenvalue weighted by Crippen LogP contribution is -2.09. The molecule has 3 rings (SSSR count). The maximum atomic E-state index is 12.3. The lowest BCUT2D eigenvalue weighted by molar-refractivity contribution is -0.115. The van der Waals surface area contributed by atoms with E-state index in [4.69, 9.17) is 9.15 Å². The number of hydrogen-bond donors (Lipinski definition) is 1. The Labute approximate surface area is 138 Å². The van der Waals surface area contributed by atoms with E-state index < -0.39 is 0 Å². The van der Waals surface area contributed by atoms with Crippen LogP contribution in [0.2, 0.25) is 0 Å². The van der Waals surface area contributed by atoms with Crippen LogP contribution in [0.15, 0.2) is 57.7 Å². The molecule has 1 amide bonds. The molecule has 2 aromatic carbocycles. The molecule has 0 aliphatic rings. The molecule has 24 heavy (non-hydrogen) atoms. The van der Waals surface area contributed by atoms with Crippen LogP contribution in [0.3, 0.4) is 0 Å². The topological polar surface area (TPSA) is 68.5 Å². The summed E-state index contributed by atoms with van der Waals surface area (Å²) in [6, 6.07) is 13.7. The summed E-state index contributed by atoms with van der Waals surface area (Å²) in [6.07, 6.45) is 0.383. The Balaban J connectivity index is 2.06. The van der Waals surface area contributed by atoms with Crippen LogP contribution >= 0.6 is 0 Å². The predicted molar refractivity (Wildman–Crippen MR) is 93.4 cm³/mol. The monoisotopic (exact) mass is 323 g/mol. The molecule has 5 nitrogen and oxygen atoms in total. The summed E-state index contributed by atoms with van der Waals surface area (Å²) in [7, 11) is 1.59. The minimum Gasteiger partial charge on any atom is -0.497 e. The van der Waals surface area contributed by atoms with Crippen molar-refractivity contribution in [2.24, 2.45) is 0 Å². The third kappa shape index (κ3) is 3.15. The second-order valence-corrected chi connectivity index (χ2v) is 5.32. The highest BCUT2D eigenvalue weighted by Crippen LogP contribution is 2.25. The Hall–Kier alpha value is -3.08. The van der Waals surface area contributed by atoms with Gasteiger partial charge in [-0.2, -0.15) is 0 Å². The zero-order chi connectivity index (χ0) is 17.1. The Bertz CT molecular complexity index is 942. The number of fused-ring (bicyclic) bond motifs is 1. The zero-order valence-corrected chi connectivity index (χ0v) is 13.5. The molecular formula is C19H17NO4. The molecule has 0 fully saturated rings. The van der Waals surface area contributed by atoms with Crippen molar-refractivity contribution in [3.05, 3.63) is 58.8 Å². The third-order valence-electron chi connectivity index (χ3n) is 3.71. The van der Waals surface area contributed by atoms with Gasteiger partial charge < -0.3 is 14.5 Å². The quantitative estimate of drug-likeness (QED) is 0.792. The minimum atomic E-state index is -0.129. The number of carbonyl (C=O) groups is 1. The Morgan fingerprint density at radius 1 is 1.12 bits per heavy atom. The van der Waals surface area contributed by atoms with Crippen molar-refractivity contribution in [1.29, 1.82) is 0 Å². The first-order chi connectivity index (χ1) is 11.6. The summed E-state index contributed by atoms with van der Waals surface area (Å²) >= 11 is 0. The number of methoxy groups -OCH3 is 1. The van der Waals surface area contributed by atoms with Gasteiger partial charge in [-0.05, 0) is 36.4 Å². The number of nitrogens with one attached hydrogen (secondary N) is 1. The van der Waals surface area contributed by atoms with Crippen molar-refractivity contribution in [3.8, 4) is 17.1 Å². The number of benzene rings is 2. The lowest BCUT2D eigenvalue weighted by atomic mass is 10.1. The van der Waals surface area contributed by atoms with Gasteiger partial charge >= 0.3 is 0 Å². The maximum absolute atomic E-state index is 12.3.